The Labute approximate surface area is 120 Å². The molecule has 0 bridgehead atoms. The molecule has 0 amide bonds. The number of hydrogen-bond donors (Lipinski definition) is 1. The monoisotopic (exact) mass is 293 g/mol. The Kier molecular flexibility index (Phi) is 4.31. The smallest absolute Gasteiger partial charge is 0.271 e. The van der Waals surface area contributed by atoms with Crippen molar-refractivity contribution in [1.29, 1.82) is 5.26 Å². The van der Waals surface area contributed by atoms with Gasteiger partial charge in [0, 0.05) is 13.1 Å². The van der Waals surface area contributed by atoms with Gasteiger partial charge in [-0.25, -0.2) is 0 Å². The fourth-order valence-electron chi connectivity index (χ4n) is 2.23. The zero-order valence-corrected chi connectivity index (χ0v) is 12.6. The number of nitrogens with one attached hydrogen (secondary N) is 1. The largest absolute Gasteiger partial charge is 0.301 e. The van der Waals surface area contributed by atoms with E-state index in [9.17, 15) is 8.42 Å². The second-order valence-electron chi connectivity index (χ2n) is 5.33. The highest BCUT2D eigenvalue weighted by molar-refractivity contribution is 7.90. The molecule has 0 aromatic heterocycles. The maximum atomic E-state index is 12.3. The Bertz CT molecular complexity index is 626. The maximum Gasteiger partial charge on any atom is 0.301 e. The summed E-state index contributed by atoms with van der Waals surface area (Å²) >= 11 is 0. The lowest BCUT2D eigenvalue weighted by Crippen LogP contribution is -2.41. The van der Waals surface area contributed by atoms with Gasteiger partial charge in [0.2, 0.25) is 0 Å². The Hall–Kier alpha value is -1.58. The molecule has 5 nitrogen and oxygen atoms in total. The lowest BCUT2D eigenvalue weighted by atomic mass is 10.0. The summed E-state index contributed by atoms with van der Waals surface area (Å²) in [5, 5.41) is 8.89. The molecule has 2 rings (SSSR count). The minimum atomic E-state index is -3.53. The minimum Gasteiger partial charge on any atom is -0.271 e. The Morgan fingerprint density at radius 3 is 2.60 bits per heavy atom. The van der Waals surface area contributed by atoms with Crippen molar-refractivity contribution in [2.24, 2.45) is 5.92 Å². The Morgan fingerprint density at radius 2 is 2.00 bits per heavy atom. The molecule has 0 saturated carbocycles. The van der Waals surface area contributed by atoms with Gasteiger partial charge >= 0.3 is 10.2 Å². The van der Waals surface area contributed by atoms with Crippen LogP contribution in [0, 0.1) is 24.2 Å². The number of aryl methyl sites for hydroxylation is 1. The predicted molar refractivity (Wildman–Crippen MR) is 78.4 cm³/mol. The third kappa shape index (κ3) is 3.30. The van der Waals surface area contributed by atoms with Crippen molar-refractivity contribution in [3.63, 3.8) is 0 Å². The van der Waals surface area contributed by atoms with E-state index in [-0.39, 0.29) is 0 Å². The second kappa shape index (κ2) is 5.81. The standard InChI is InChI=1S/C14H19N3O2S/c1-11-5-7-17(8-6-11)20(18,19)16-14-9-13(10-15)4-3-12(14)2/h3-4,9,11,16H,5-8H2,1-2H3. The molecule has 0 atom stereocenters. The predicted octanol–water partition coefficient (Wildman–Crippen LogP) is 2.26. The van der Waals surface area contributed by atoms with Crippen molar-refractivity contribution < 1.29 is 8.42 Å². The van der Waals surface area contributed by atoms with Crippen LogP contribution in [-0.4, -0.2) is 25.8 Å². The first-order valence-electron chi connectivity index (χ1n) is 6.71. The van der Waals surface area contributed by atoms with E-state index in [1.165, 1.54) is 4.31 Å². The van der Waals surface area contributed by atoms with E-state index in [4.69, 9.17) is 5.26 Å². The topological polar surface area (TPSA) is 73.2 Å². The van der Waals surface area contributed by atoms with Crippen LogP contribution < -0.4 is 4.72 Å². The van der Waals surface area contributed by atoms with Gasteiger partial charge in [-0.1, -0.05) is 13.0 Å². The number of nitriles is 1. The van der Waals surface area contributed by atoms with Gasteiger partial charge in [-0.2, -0.15) is 18.0 Å². The maximum absolute atomic E-state index is 12.3. The summed E-state index contributed by atoms with van der Waals surface area (Å²) in [7, 11) is -3.53. The zero-order valence-electron chi connectivity index (χ0n) is 11.8. The first kappa shape index (κ1) is 14.8. The van der Waals surface area contributed by atoms with E-state index in [0.29, 0.717) is 30.3 Å². The summed E-state index contributed by atoms with van der Waals surface area (Å²) in [6, 6.07) is 7.01. The van der Waals surface area contributed by atoms with Gasteiger partial charge in [0.15, 0.2) is 0 Å². The highest BCUT2D eigenvalue weighted by Crippen LogP contribution is 2.22. The molecule has 1 aliphatic rings. The minimum absolute atomic E-state index is 0.445. The summed E-state index contributed by atoms with van der Waals surface area (Å²) in [6.45, 7) is 5.05. The first-order valence-corrected chi connectivity index (χ1v) is 8.15. The van der Waals surface area contributed by atoms with Crippen molar-refractivity contribution in [2.75, 3.05) is 17.8 Å². The van der Waals surface area contributed by atoms with Gasteiger partial charge in [0.05, 0.1) is 17.3 Å². The van der Waals surface area contributed by atoms with Crippen molar-refractivity contribution in [1.82, 2.24) is 4.31 Å². The summed E-state index contributed by atoms with van der Waals surface area (Å²) in [4.78, 5) is 0. The number of benzene rings is 1. The molecule has 1 aromatic rings. The zero-order chi connectivity index (χ0) is 14.8. The van der Waals surface area contributed by atoms with Gasteiger partial charge in [0.1, 0.15) is 0 Å². The van der Waals surface area contributed by atoms with E-state index in [1.54, 1.807) is 18.2 Å². The molecule has 1 aliphatic heterocycles. The molecule has 0 radical (unpaired) electrons. The Balaban J connectivity index is 2.18. The third-order valence-electron chi connectivity index (χ3n) is 3.69. The number of hydrogen-bond acceptors (Lipinski definition) is 3. The van der Waals surface area contributed by atoms with E-state index < -0.39 is 10.2 Å². The second-order valence-corrected chi connectivity index (χ2v) is 7.00. The molecule has 6 heteroatoms. The van der Waals surface area contributed by atoms with Gasteiger partial charge in [-0.15, -0.1) is 0 Å². The summed E-state index contributed by atoms with van der Waals surface area (Å²) in [5.74, 6) is 0.574. The van der Waals surface area contributed by atoms with Crippen LogP contribution in [0.5, 0.6) is 0 Å². The highest BCUT2D eigenvalue weighted by atomic mass is 32.2. The van der Waals surface area contributed by atoms with E-state index in [1.807, 2.05) is 13.0 Å². The molecule has 1 fully saturated rings. The molecule has 0 aliphatic carbocycles. The molecular weight excluding hydrogens is 274 g/mol. The van der Waals surface area contributed by atoms with E-state index >= 15 is 0 Å². The van der Waals surface area contributed by atoms with E-state index in [2.05, 4.69) is 11.6 Å². The molecule has 1 saturated heterocycles. The normalized spacial score (nSPS) is 17.6. The Morgan fingerprint density at radius 1 is 1.35 bits per heavy atom. The van der Waals surface area contributed by atoms with E-state index in [0.717, 1.165) is 18.4 Å². The van der Waals surface area contributed by atoms with Crippen LogP contribution in [-0.2, 0) is 10.2 Å². The highest BCUT2D eigenvalue weighted by Gasteiger charge is 2.26. The fourth-order valence-corrected chi connectivity index (χ4v) is 3.55. The quantitative estimate of drug-likeness (QED) is 0.929. The lowest BCUT2D eigenvalue weighted by molar-refractivity contribution is 0.289. The molecule has 0 spiro atoms. The van der Waals surface area contributed by atoms with Gasteiger partial charge in [-0.05, 0) is 43.4 Å². The number of piperidine rings is 1. The molecule has 108 valence electrons. The average molecular weight is 293 g/mol. The van der Waals surface area contributed by atoms with Crippen LogP contribution in [0.15, 0.2) is 18.2 Å². The van der Waals surface area contributed by atoms with Crippen LogP contribution in [0.25, 0.3) is 0 Å². The van der Waals surface area contributed by atoms with Crippen LogP contribution in [0.1, 0.15) is 30.9 Å². The number of nitrogens with zero attached hydrogens (tertiary/aromatic N) is 2. The van der Waals surface area contributed by atoms with Crippen molar-refractivity contribution in [2.45, 2.75) is 26.7 Å². The fraction of sp³-hybridized carbons (Fsp3) is 0.500. The molecular formula is C14H19N3O2S. The molecule has 1 aromatic carbocycles. The first-order chi connectivity index (χ1) is 9.42. The van der Waals surface area contributed by atoms with Gasteiger partial charge in [0.25, 0.3) is 0 Å². The lowest BCUT2D eigenvalue weighted by Gasteiger charge is -2.29. The number of anilines is 1. The number of rotatable bonds is 3. The SMILES string of the molecule is Cc1ccc(C#N)cc1NS(=O)(=O)N1CCC(C)CC1. The van der Waals surface area contributed by atoms with Crippen molar-refractivity contribution >= 4 is 15.9 Å². The summed E-state index contributed by atoms with van der Waals surface area (Å²) < 4.78 is 28.8. The van der Waals surface area contributed by atoms with Crippen LogP contribution in [0.4, 0.5) is 5.69 Å². The van der Waals surface area contributed by atoms with Gasteiger partial charge < -0.3 is 0 Å². The summed E-state index contributed by atoms with van der Waals surface area (Å²) in [5.41, 5.74) is 1.72. The van der Waals surface area contributed by atoms with Crippen molar-refractivity contribution in [3.8, 4) is 6.07 Å². The summed E-state index contributed by atoms with van der Waals surface area (Å²) in [6.07, 6.45) is 1.77. The average Bonchev–Trinajstić information content (AvgIpc) is 2.41. The molecule has 1 heterocycles. The molecule has 1 N–H and O–H groups in total. The molecule has 20 heavy (non-hydrogen) atoms. The van der Waals surface area contributed by atoms with Crippen LogP contribution in [0.2, 0.25) is 0 Å². The van der Waals surface area contributed by atoms with Gasteiger partial charge in [-0.3, -0.25) is 4.72 Å². The van der Waals surface area contributed by atoms with Crippen LogP contribution >= 0.6 is 0 Å². The van der Waals surface area contributed by atoms with Crippen molar-refractivity contribution in [3.05, 3.63) is 29.3 Å². The molecule has 0 unspecified atom stereocenters. The third-order valence-corrected chi connectivity index (χ3v) is 5.21. The van der Waals surface area contributed by atoms with Crippen LogP contribution in [0.3, 0.4) is 0 Å².